The molecule has 2 atom stereocenters. The fraction of sp³-hybridized carbons (Fsp3) is 0.375. The van der Waals surface area contributed by atoms with E-state index in [0.29, 0.717) is 23.8 Å². The van der Waals surface area contributed by atoms with Gasteiger partial charge in [0.2, 0.25) is 5.91 Å². The number of thiophene rings is 1. The maximum Gasteiger partial charge on any atom is 0.265 e. The van der Waals surface area contributed by atoms with Gasteiger partial charge in [-0.25, -0.2) is 0 Å². The van der Waals surface area contributed by atoms with Crippen LogP contribution >= 0.6 is 23.1 Å². The Morgan fingerprint density at radius 3 is 3.00 bits per heavy atom. The second-order valence-corrected chi connectivity index (χ2v) is 7.29. The van der Waals surface area contributed by atoms with Crippen molar-refractivity contribution < 1.29 is 18.7 Å². The molecule has 0 spiro atoms. The van der Waals surface area contributed by atoms with E-state index in [9.17, 15) is 9.59 Å². The van der Waals surface area contributed by atoms with Crippen molar-refractivity contribution in [2.75, 3.05) is 26.0 Å². The Kier molecular flexibility index (Phi) is 5.60. The number of furan rings is 1. The normalized spacial score (nSPS) is 20.3. The predicted molar refractivity (Wildman–Crippen MR) is 93.1 cm³/mol. The number of hydrogen-bond donors (Lipinski definition) is 1. The molecule has 2 unspecified atom stereocenters. The number of carbonyl (C=O) groups excluding carboxylic acids is 2. The summed E-state index contributed by atoms with van der Waals surface area (Å²) < 4.78 is 10.1. The zero-order chi connectivity index (χ0) is 16.9. The summed E-state index contributed by atoms with van der Waals surface area (Å²) in [7, 11) is 1.58. The van der Waals surface area contributed by atoms with Gasteiger partial charge in [-0.2, -0.15) is 0 Å². The number of hydrogen-bond acceptors (Lipinski definition) is 6. The minimum absolute atomic E-state index is 0.131. The highest BCUT2D eigenvalue weighted by atomic mass is 32.2. The van der Waals surface area contributed by atoms with Crippen LogP contribution < -0.4 is 5.32 Å². The van der Waals surface area contributed by atoms with Crippen LogP contribution in [0.25, 0.3) is 0 Å². The van der Waals surface area contributed by atoms with Crippen molar-refractivity contribution >= 4 is 34.9 Å². The molecule has 3 rings (SSSR count). The summed E-state index contributed by atoms with van der Waals surface area (Å²) in [5, 5.41) is 4.46. The van der Waals surface area contributed by atoms with Gasteiger partial charge < -0.3 is 19.4 Å². The Morgan fingerprint density at radius 2 is 2.33 bits per heavy atom. The molecule has 0 radical (unpaired) electrons. The molecule has 0 bridgehead atoms. The van der Waals surface area contributed by atoms with Gasteiger partial charge in [0.05, 0.1) is 24.0 Å². The predicted octanol–water partition coefficient (Wildman–Crippen LogP) is 2.36. The van der Waals surface area contributed by atoms with Crippen LogP contribution in [0.4, 0.5) is 0 Å². The van der Waals surface area contributed by atoms with Crippen molar-refractivity contribution in [2.45, 2.75) is 11.4 Å². The summed E-state index contributed by atoms with van der Waals surface area (Å²) in [6.45, 7) is 0.865. The van der Waals surface area contributed by atoms with Crippen LogP contribution in [0, 0.1) is 0 Å². The fourth-order valence-corrected chi connectivity index (χ4v) is 4.62. The molecule has 0 aromatic carbocycles. The molecule has 0 aliphatic carbocycles. The summed E-state index contributed by atoms with van der Waals surface area (Å²) in [6.07, 6.45) is 3.20. The van der Waals surface area contributed by atoms with E-state index >= 15 is 0 Å². The van der Waals surface area contributed by atoms with Crippen molar-refractivity contribution in [2.24, 2.45) is 0 Å². The molecule has 1 aliphatic rings. The largest absolute Gasteiger partial charge is 0.472 e. The number of nitrogens with zero attached hydrogens (tertiary/aromatic N) is 1. The maximum atomic E-state index is 12.9. The number of thioether (sulfide) groups is 1. The first-order valence-electron chi connectivity index (χ1n) is 7.49. The van der Waals surface area contributed by atoms with Crippen molar-refractivity contribution in [3.05, 3.63) is 46.5 Å². The van der Waals surface area contributed by atoms with Crippen molar-refractivity contribution in [1.29, 1.82) is 0 Å². The van der Waals surface area contributed by atoms with Gasteiger partial charge in [0.15, 0.2) is 0 Å². The molecule has 1 saturated heterocycles. The Hall–Kier alpha value is -1.77. The molecule has 24 heavy (non-hydrogen) atoms. The molecule has 1 aliphatic heterocycles. The Labute approximate surface area is 148 Å². The number of amides is 2. The van der Waals surface area contributed by atoms with Crippen LogP contribution in [0.2, 0.25) is 0 Å². The molecule has 1 N–H and O–H groups in total. The molecule has 1 fully saturated rings. The average molecular weight is 366 g/mol. The highest BCUT2D eigenvalue weighted by Crippen LogP contribution is 2.42. The van der Waals surface area contributed by atoms with E-state index in [-0.39, 0.29) is 17.2 Å². The standard InChI is InChI=1S/C16H18N2O4S2/c1-21-7-5-17-14(19)12-10-24-16(11-4-6-22-9-11)18(12)15(20)13-3-2-8-23-13/h2-4,6,8-9,12,16H,5,7,10H2,1H3,(H,17,19). The van der Waals surface area contributed by atoms with E-state index in [1.807, 2.05) is 17.5 Å². The van der Waals surface area contributed by atoms with E-state index in [0.717, 1.165) is 5.56 Å². The lowest BCUT2D eigenvalue weighted by Crippen LogP contribution is -2.48. The summed E-state index contributed by atoms with van der Waals surface area (Å²) in [5.41, 5.74) is 0.886. The van der Waals surface area contributed by atoms with E-state index in [4.69, 9.17) is 9.15 Å². The second kappa shape index (κ2) is 7.87. The summed E-state index contributed by atoms with van der Waals surface area (Å²) in [4.78, 5) is 27.8. The third-order valence-electron chi connectivity index (χ3n) is 3.70. The van der Waals surface area contributed by atoms with Crippen molar-refractivity contribution in [3.63, 3.8) is 0 Å². The van der Waals surface area contributed by atoms with Gasteiger partial charge in [0.25, 0.3) is 5.91 Å². The molecule has 3 heterocycles. The lowest BCUT2D eigenvalue weighted by Gasteiger charge is -2.27. The van der Waals surface area contributed by atoms with E-state index in [1.54, 1.807) is 42.4 Å². The van der Waals surface area contributed by atoms with Crippen LogP contribution in [0.5, 0.6) is 0 Å². The van der Waals surface area contributed by atoms with Crippen LogP contribution in [0.1, 0.15) is 20.6 Å². The molecular weight excluding hydrogens is 348 g/mol. The molecular formula is C16H18N2O4S2. The average Bonchev–Trinajstić information content (AvgIpc) is 3.34. The fourth-order valence-electron chi connectivity index (χ4n) is 2.55. The summed E-state index contributed by atoms with van der Waals surface area (Å²) in [5.74, 6) is 0.259. The van der Waals surface area contributed by atoms with Crippen LogP contribution in [0.3, 0.4) is 0 Å². The van der Waals surface area contributed by atoms with Gasteiger partial charge >= 0.3 is 0 Å². The van der Waals surface area contributed by atoms with Gasteiger partial charge in [-0.3, -0.25) is 9.59 Å². The van der Waals surface area contributed by atoms with Crippen LogP contribution in [0.15, 0.2) is 40.5 Å². The summed E-state index contributed by atoms with van der Waals surface area (Å²) >= 11 is 2.94. The van der Waals surface area contributed by atoms with Crippen LogP contribution in [-0.2, 0) is 9.53 Å². The highest BCUT2D eigenvalue weighted by Gasteiger charge is 2.43. The SMILES string of the molecule is COCCNC(=O)C1CSC(c2ccoc2)N1C(=O)c1cccs1. The monoisotopic (exact) mass is 366 g/mol. The van der Waals surface area contributed by atoms with Gasteiger partial charge in [0.1, 0.15) is 11.4 Å². The topological polar surface area (TPSA) is 71.8 Å². The minimum Gasteiger partial charge on any atom is -0.472 e. The number of nitrogens with one attached hydrogen (secondary N) is 1. The first-order valence-corrected chi connectivity index (χ1v) is 9.41. The molecule has 2 aromatic rings. The third kappa shape index (κ3) is 3.50. The van der Waals surface area contributed by atoms with E-state index in [2.05, 4.69) is 5.32 Å². The van der Waals surface area contributed by atoms with Crippen LogP contribution in [-0.4, -0.2) is 48.8 Å². The van der Waals surface area contributed by atoms with Crippen molar-refractivity contribution in [1.82, 2.24) is 10.2 Å². The number of rotatable bonds is 6. The molecule has 2 aromatic heterocycles. The van der Waals surface area contributed by atoms with Gasteiger partial charge in [0, 0.05) is 25.0 Å². The Bertz CT molecular complexity index is 672. The Morgan fingerprint density at radius 1 is 1.46 bits per heavy atom. The van der Waals surface area contributed by atoms with E-state index < -0.39 is 6.04 Å². The molecule has 0 saturated carbocycles. The maximum absolute atomic E-state index is 12.9. The van der Waals surface area contributed by atoms with Gasteiger partial charge in [-0.05, 0) is 17.5 Å². The number of carbonyl (C=O) groups is 2. The lowest BCUT2D eigenvalue weighted by atomic mass is 10.2. The third-order valence-corrected chi connectivity index (χ3v) is 5.88. The van der Waals surface area contributed by atoms with Gasteiger partial charge in [-0.1, -0.05) is 6.07 Å². The molecule has 2 amide bonds. The quantitative estimate of drug-likeness (QED) is 0.795. The first kappa shape index (κ1) is 17.1. The smallest absolute Gasteiger partial charge is 0.265 e. The second-order valence-electron chi connectivity index (χ2n) is 5.23. The number of methoxy groups -OCH3 is 1. The highest BCUT2D eigenvalue weighted by molar-refractivity contribution is 7.99. The minimum atomic E-state index is -0.513. The molecule has 6 nitrogen and oxygen atoms in total. The zero-order valence-electron chi connectivity index (χ0n) is 13.1. The summed E-state index contributed by atoms with van der Waals surface area (Å²) in [6, 6.07) is 4.93. The molecule has 8 heteroatoms. The zero-order valence-corrected chi connectivity index (χ0v) is 14.8. The van der Waals surface area contributed by atoms with Gasteiger partial charge in [-0.15, -0.1) is 23.1 Å². The Balaban J connectivity index is 1.82. The molecule has 128 valence electrons. The van der Waals surface area contributed by atoms with E-state index in [1.165, 1.54) is 11.3 Å². The van der Waals surface area contributed by atoms with Crippen molar-refractivity contribution in [3.8, 4) is 0 Å². The number of ether oxygens (including phenoxy) is 1. The first-order chi connectivity index (χ1) is 11.7. The lowest BCUT2D eigenvalue weighted by molar-refractivity contribution is -0.125.